The van der Waals surface area contributed by atoms with Gasteiger partial charge in [0.15, 0.2) is 11.6 Å². The summed E-state index contributed by atoms with van der Waals surface area (Å²) >= 11 is 3.68. The van der Waals surface area contributed by atoms with Gasteiger partial charge in [-0.05, 0) is 27.1 Å². The van der Waals surface area contributed by atoms with E-state index in [1.54, 1.807) is 0 Å². The second kappa shape index (κ2) is 6.36. The molecule has 4 heterocycles. The molecular weight excluding hydrogens is 434 g/mol. The normalized spacial score (nSPS) is 34.3. The fraction of sp³-hybridized carbons (Fsp3) is 0.304. The highest BCUT2D eigenvalue weighted by Crippen LogP contribution is 2.56. The molecule has 2 aromatic rings. The van der Waals surface area contributed by atoms with E-state index in [-0.39, 0.29) is 35.5 Å². The SMILES string of the molecule is O=C1C2OCC(O2)C2C1C1c3ccccc3C(Br)=CN1C2C(=O)c1ccccc1. The number of fused-ring (bicyclic) bond motifs is 8. The predicted molar refractivity (Wildman–Crippen MR) is 109 cm³/mol. The van der Waals surface area contributed by atoms with E-state index in [2.05, 4.69) is 26.9 Å². The summed E-state index contributed by atoms with van der Waals surface area (Å²) in [6, 6.07) is 16.7. The van der Waals surface area contributed by atoms with Crippen LogP contribution >= 0.6 is 15.9 Å². The summed E-state index contributed by atoms with van der Waals surface area (Å²) in [7, 11) is 0. The van der Waals surface area contributed by atoms with Crippen molar-refractivity contribution in [1.82, 2.24) is 4.90 Å². The number of hydrogen-bond donors (Lipinski definition) is 0. The Labute approximate surface area is 176 Å². The molecular formula is C23H18BrNO4. The number of benzene rings is 2. The van der Waals surface area contributed by atoms with Gasteiger partial charge < -0.3 is 14.4 Å². The van der Waals surface area contributed by atoms with Crippen LogP contribution in [0.1, 0.15) is 27.5 Å². The average Bonchev–Trinajstić information content (AvgIpc) is 3.34. The van der Waals surface area contributed by atoms with Crippen molar-refractivity contribution < 1.29 is 19.1 Å². The Kier molecular flexibility index (Phi) is 3.85. The second-order valence-electron chi connectivity index (χ2n) is 7.98. The van der Waals surface area contributed by atoms with E-state index in [1.807, 2.05) is 54.7 Å². The Hall–Kier alpha value is -2.28. The van der Waals surface area contributed by atoms with Crippen molar-refractivity contribution in [2.75, 3.05) is 6.61 Å². The topological polar surface area (TPSA) is 55.8 Å². The number of nitrogens with zero attached hydrogens (tertiary/aromatic N) is 1. The van der Waals surface area contributed by atoms with Gasteiger partial charge in [-0.3, -0.25) is 9.59 Å². The van der Waals surface area contributed by atoms with E-state index in [9.17, 15) is 9.59 Å². The monoisotopic (exact) mass is 451 g/mol. The molecule has 6 rings (SSSR count). The lowest BCUT2D eigenvalue weighted by Crippen LogP contribution is -2.48. The van der Waals surface area contributed by atoms with Crippen molar-refractivity contribution in [3.8, 4) is 0 Å². The average molecular weight is 452 g/mol. The zero-order valence-corrected chi connectivity index (χ0v) is 17.0. The molecule has 6 unspecified atom stereocenters. The first-order chi connectivity index (χ1) is 14.1. The van der Waals surface area contributed by atoms with E-state index in [0.29, 0.717) is 12.2 Å². The van der Waals surface area contributed by atoms with Crippen LogP contribution in [0, 0.1) is 11.8 Å². The molecule has 6 atom stereocenters. The van der Waals surface area contributed by atoms with E-state index in [1.165, 1.54) is 0 Å². The molecule has 0 amide bonds. The van der Waals surface area contributed by atoms with Crippen LogP contribution in [-0.4, -0.2) is 41.5 Å². The van der Waals surface area contributed by atoms with E-state index in [0.717, 1.165) is 15.6 Å². The standard InChI is InChI=1S/C23H18BrNO4/c24-15-10-25-19(14-9-5-4-8-13(14)15)18-17(16-11-28-23(29-16)22(18)27)20(25)21(26)12-6-2-1-3-7-12/h1-10,16-20,23H,11H2. The van der Waals surface area contributed by atoms with Crippen molar-refractivity contribution in [3.63, 3.8) is 0 Å². The van der Waals surface area contributed by atoms with Crippen LogP contribution in [0.15, 0.2) is 60.8 Å². The maximum Gasteiger partial charge on any atom is 0.218 e. The molecule has 4 aliphatic rings. The fourth-order valence-corrected chi connectivity index (χ4v) is 6.04. The molecule has 0 saturated carbocycles. The smallest absolute Gasteiger partial charge is 0.218 e. The van der Waals surface area contributed by atoms with Gasteiger partial charge >= 0.3 is 0 Å². The Morgan fingerprint density at radius 1 is 1.07 bits per heavy atom. The van der Waals surface area contributed by atoms with E-state index < -0.39 is 12.3 Å². The summed E-state index contributed by atoms with van der Waals surface area (Å²) in [5, 5.41) is 0. The van der Waals surface area contributed by atoms with Crippen molar-refractivity contribution in [1.29, 1.82) is 0 Å². The first-order valence-corrected chi connectivity index (χ1v) is 10.6. The molecule has 2 bridgehead atoms. The molecule has 0 aliphatic carbocycles. The van der Waals surface area contributed by atoms with Crippen molar-refractivity contribution in [2.45, 2.75) is 24.5 Å². The summed E-state index contributed by atoms with van der Waals surface area (Å²) in [4.78, 5) is 29.0. The number of carbonyl (C=O) groups excluding carboxylic acids is 2. The first kappa shape index (κ1) is 17.6. The quantitative estimate of drug-likeness (QED) is 0.653. The molecule has 0 N–H and O–H groups in total. The summed E-state index contributed by atoms with van der Waals surface area (Å²) in [5.74, 6) is -0.623. The number of rotatable bonds is 2. The summed E-state index contributed by atoms with van der Waals surface area (Å²) < 4.78 is 12.4. The van der Waals surface area contributed by atoms with Crippen LogP contribution in [-0.2, 0) is 14.3 Å². The lowest BCUT2D eigenvalue weighted by Gasteiger charge is -2.35. The number of halogens is 1. The van der Waals surface area contributed by atoms with Crippen LogP contribution in [0.3, 0.4) is 0 Å². The molecule has 5 nitrogen and oxygen atoms in total. The zero-order valence-electron chi connectivity index (χ0n) is 15.4. The van der Waals surface area contributed by atoms with Gasteiger partial charge in [0, 0.05) is 22.2 Å². The number of ketones is 2. The van der Waals surface area contributed by atoms with Gasteiger partial charge in [-0.2, -0.15) is 0 Å². The summed E-state index contributed by atoms with van der Waals surface area (Å²) in [5.41, 5.74) is 2.77. The highest BCUT2D eigenvalue weighted by atomic mass is 79.9. The third-order valence-corrected chi connectivity index (χ3v) is 7.22. The molecule has 4 aliphatic heterocycles. The van der Waals surface area contributed by atoms with Gasteiger partial charge in [0.2, 0.25) is 6.29 Å². The minimum absolute atomic E-state index is 0.0146. The van der Waals surface area contributed by atoms with E-state index in [4.69, 9.17) is 9.47 Å². The summed E-state index contributed by atoms with van der Waals surface area (Å²) in [6.07, 6.45) is 0.916. The maximum atomic E-state index is 13.7. The van der Waals surface area contributed by atoms with Crippen LogP contribution < -0.4 is 0 Å². The number of Topliss-reactive ketones (excluding diaryl/α,β-unsaturated/α-hetero) is 2. The van der Waals surface area contributed by atoms with Gasteiger partial charge in [-0.1, -0.05) is 54.6 Å². The van der Waals surface area contributed by atoms with Crippen molar-refractivity contribution in [3.05, 3.63) is 77.5 Å². The Morgan fingerprint density at radius 2 is 1.83 bits per heavy atom. The highest BCUT2D eigenvalue weighted by Gasteiger charge is 2.64. The van der Waals surface area contributed by atoms with E-state index >= 15 is 0 Å². The predicted octanol–water partition coefficient (Wildman–Crippen LogP) is 3.56. The molecule has 3 saturated heterocycles. The van der Waals surface area contributed by atoms with Crippen molar-refractivity contribution >= 4 is 32.0 Å². The molecule has 0 radical (unpaired) electrons. The number of carbonyl (C=O) groups is 2. The third-order valence-electron chi connectivity index (χ3n) is 6.59. The Bertz CT molecular complexity index is 1050. The minimum atomic E-state index is -0.810. The lowest BCUT2D eigenvalue weighted by molar-refractivity contribution is -0.164. The second-order valence-corrected chi connectivity index (χ2v) is 8.83. The van der Waals surface area contributed by atoms with Crippen LogP contribution in [0.4, 0.5) is 0 Å². The minimum Gasteiger partial charge on any atom is -0.358 e. The van der Waals surface area contributed by atoms with Gasteiger partial charge in [-0.25, -0.2) is 0 Å². The van der Waals surface area contributed by atoms with Crippen molar-refractivity contribution in [2.24, 2.45) is 11.8 Å². The number of hydrogen-bond acceptors (Lipinski definition) is 5. The van der Waals surface area contributed by atoms with Gasteiger partial charge in [0.1, 0.15) is 0 Å². The van der Waals surface area contributed by atoms with Gasteiger partial charge in [0.25, 0.3) is 0 Å². The lowest BCUT2D eigenvalue weighted by atomic mass is 9.75. The molecule has 0 spiro atoms. The maximum absolute atomic E-state index is 13.7. The molecule has 3 fully saturated rings. The largest absolute Gasteiger partial charge is 0.358 e. The number of ether oxygens (including phenoxy) is 2. The van der Waals surface area contributed by atoms with Crippen LogP contribution in [0.2, 0.25) is 0 Å². The molecule has 0 aromatic heterocycles. The zero-order chi connectivity index (χ0) is 19.7. The molecule has 2 aromatic carbocycles. The van der Waals surface area contributed by atoms with Gasteiger partial charge in [-0.15, -0.1) is 0 Å². The Morgan fingerprint density at radius 3 is 2.66 bits per heavy atom. The highest BCUT2D eigenvalue weighted by molar-refractivity contribution is 9.15. The molecule has 6 heteroatoms. The molecule has 146 valence electrons. The summed E-state index contributed by atoms with van der Waals surface area (Å²) in [6.45, 7) is 0.350. The third kappa shape index (κ3) is 2.40. The van der Waals surface area contributed by atoms with Crippen LogP contribution in [0.5, 0.6) is 0 Å². The van der Waals surface area contributed by atoms with Crippen LogP contribution in [0.25, 0.3) is 4.48 Å². The fourth-order valence-electron chi connectivity index (χ4n) is 5.44. The Balaban J connectivity index is 1.54. The van der Waals surface area contributed by atoms with Gasteiger partial charge in [0.05, 0.1) is 30.7 Å². The molecule has 29 heavy (non-hydrogen) atoms. The first-order valence-electron chi connectivity index (χ1n) is 9.79.